The van der Waals surface area contributed by atoms with Crippen LogP contribution in [0.15, 0.2) is 23.6 Å². The van der Waals surface area contributed by atoms with Gasteiger partial charge in [0.15, 0.2) is 5.03 Å². The first kappa shape index (κ1) is 15.2. The lowest BCUT2D eigenvalue weighted by Gasteiger charge is -2.25. The van der Waals surface area contributed by atoms with Gasteiger partial charge in [-0.15, -0.1) is 0 Å². The highest BCUT2D eigenvalue weighted by Gasteiger charge is 2.31. The maximum Gasteiger partial charge on any atom is 0.262 e. The van der Waals surface area contributed by atoms with E-state index in [0.29, 0.717) is 25.2 Å². The van der Waals surface area contributed by atoms with Crippen molar-refractivity contribution in [3.63, 3.8) is 0 Å². The molecule has 9 heteroatoms. The molecule has 1 N–H and O–H groups in total. The van der Waals surface area contributed by atoms with Crippen LogP contribution in [-0.4, -0.2) is 43.7 Å². The van der Waals surface area contributed by atoms with E-state index in [0.717, 1.165) is 5.69 Å². The number of sulfonamides is 1. The maximum absolute atomic E-state index is 12.6. The summed E-state index contributed by atoms with van der Waals surface area (Å²) in [5.41, 5.74) is 1.38. The molecule has 8 nitrogen and oxygen atoms in total. The second kappa shape index (κ2) is 5.49. The highest BCUT2D eigenvalue weighted by molar-refractivity contribution is 7.89. The first-order valence-electron chi connectivity index (χ1n) is 7.14. The summed E-state index contributed by atoms with van der Waals surface area (Å²) < 4.78 is 29.9. The SMILES string of the molecule is CCC(O)c1cc2n(n1)CCN(S(=O)(=O)c1cn(C)cn1)C2. The van der Waals surface area contributed by atoms with Gasteiger partial charge < -0.3 is 9.67 Å². The molecule has 2 aromatic rings. The van der Waals surface area contributed by atoms with E-state index in [9.17, 15) is 13.5 Å². The summed E-state index contributed by atoms with van der Waals surface area (Å²) in [5, 5.41) is 14.3. The smallest absolute Gasteiger partial charge is 0.262 e. The van der Waals surface area contributed by atoms with Crippen molar-refractivity contribution in [2.45, 2.75) is 37.6 Å². The lowest BCUT2D eigenvalue weighted by atomic mass is 10.2. The molecule has 0 amide bonds. The summed E-state index contributed by atoms with van der Waals surface area (Å²) in [6, 6.07) is 1.77. The van der Waals surface area contributed by atoms with E-state index in [1.165, 1.54) is 16.8 Å². The lowest BCUT2D eigenvalue weighted by Crippen LogP contribution is -2.38. The largest absolute Gasteiger partial charge is 0.387 e. The molecule has 0 fully saturated rings. The molecule has 2 aromatic heterocycles. The zero-order chi connectivity index (χ0) is 15.9. The third-order valence-corrected chi connectivity index (χ3v) is 5.53. The van der Waals surface area contributed by atoms with Crippen molar-refractivity contribution in [3.8, 4) is 0 Å². The number of hydrogen-bond donors (Lipinski definition) is 1. The van der Waals surface area contributed by atoms with Gasteiger partial charge in [0.05, 0.1) is 36.9 Å². The Balaban J connectivity index is 1.86. The Kier molecular flexibility index (Phi) is 3.79. The maximum atomic E-state index is 12.6. The molecule has 1 unspecified atom stereocenters. The fraction of sp³-hybridized carbons (Fsp3) is 0.538. The Morgan fingerprint density at radius 2 is 2.18 bits per heavy atom. The molecule has 0 radical (unpaired) electrons. The fourth-order valence-electron chi connectivity index (χ4n) is 2.50. The van der Waals surface area contributed by atoms with Crippen LogP contribution in [0.25, 0.3) is 0 Å². The molecule has 0 aromatic carbocycles. The van der Waals surface area contributed by atoms with Crippen molar-refractivity contribution < 1.29 is 13.5 Å². The standard InChI is InChI=1S/C13H19N5O3S/c1-3-12(19)11-6-10-7-17(4-5-18(10)15-11)22(20,21)13-8-16(2)9-14-13/h6,8-9,12,19H,3-5,7H2,1-2H3. The zero-order valence-electron chi connectivity index (χ0n) is 12.5. The van der Waals surface area contributed by atoms with Crippen molar-refractivity contribution in [3.05, 3.63) is 30.0 Å². The number of aromatic nitrogens is 4. The molecule has 22 heavy (non-hydrogen) atoms. The van der Waals surface area contributed by atoms with Gasteiger partial charge in [-0.2, -0.15) is 9.40 Å². The van der Waals surface area contributed by atoms with Crippen LogP contribution < -0.4 is 0 Å². The number of aliphatic hydroxyl groups is 1. The van der Waals surface area contributed by atoms with Crippen molar-refractivity contribution >= 4 is 10.0 Å². The van der Waals surface area contributed by atoms with Crippen LogP contribution in [0.2, 0.25) is 0 Å². The van der Waals surface area contributed by atoms with Gasteiger partial charge in [0.1, 0.15) is 0 Å². The first-order valence-corrected chi connectivity index (χ1v) is 8.58. The second-order valence-corrected chi connectivity index (χ2v) is 7.31. The Hall–Kier alpha value is -1.71. The average Bonchev–Trinajstić information content (AvgIpc) is 3.11. The van der Waals surface area contributed by atoms with Crippen LogP contribution in [-0.2, 0) is 30.2 Å². The van der Waals surface area contributed by atoms with Crippen molar-refractivity contribution in [1.29, 1.82) is 0 Å². The lowest BCUT2D eigenvalue weighted by molar-refractivity contribution is 0.167. The summed E-state index contributed by atoms with van der Waals surface area (Å²) in [5.74, 6) is 0. The summed E-state index contributed by atoms with van der Waals surface area (Å²) in [7, 11) is -1.87. The predicted octanol–water partition coefficient (Wildman–Crippen LogP) is 0.264. The van der Waals surface area contributed by atoms with Gasteiger partial charge in [0, 0.05) is 19.8 Å². The van der Waals surface area contributed by atoms with E-state index in [1.54, 1.807) is 22.4 Å². The average molecular weight is 325 g/mol. The molecular formula is C13H19N5O3S. The summed E-state index contributed by atoms with van der Waals surface area (Å²) >= 11 is 0. The molecule has 0 bridgehead atoms. The number of rotatable bonds is 4. The third kappa shape index (κ3) is 2.55. The Labute approximate surface area is 129 Å². The Bertz CT molecular complexity index is 779. The van der Waals surface area contributed by atoms with Gasteiger partial charge in [-0.1, -0.05) is 6.92 Å². The minimum atomic E-state index is -3.60. The summed E-state index contributed by atoms with van der Waals surface area (Å²) in [6.07, 6.45) is 2.93. The van der Waals surface area contributed by atoms with E-state index < -0.39 is 16.1 Å². The monoisotopic (exact) mass is 325 g/mol. The van der Waals surface area contributed by atoms with Gasteiger partial charge in [-0.3, -0.25) is 4.68 Å². The number of aliphatic hydroxyl groups excluding tert-OH is 1. The molecule has 0 aliphatic carbocycles. The highest BCUT2D eigenvalue weighted by atomic mass is 32.2. The van der Waals surface area contributed by atoms with E-state index in [-0.39, 0.29) is 11.6 Å². The Morgan fingerprint density at radius 1 is 1.41 bits per heavy atom. The molecule has 120 valence electrons. The zero-order valence-corrected chi connectivity index (χ0v) is 13.4. The molecule has 0 saturated heterocycles. The van der Waals surface area contributed by atoms with Crippen LogP contribution in [0.5, 0.6) is 0 Å². The molecule has 0 spiro atoms. The molecule has 1 aliphatic heterocycles. The van der Waals surface area contributed by atoms with Crippen molar-refractivity contribution in [2.24, 2.45) is 7.05 Å². The third-order valence-electron chi connectivity index (χ3n) is 3.80. The van der Waals surface area contributed by atoms with Gasteiger partial charge in [-0.05, 0) is 12.5 Å². The molecule has 1 atom stereocenters. The molecule has 1 aliphatic rings. The van der Waals surface area contributed by atoms with Crippen molar-refractivity contribution in [1.82, 2.24) is 23.6 Å². The number of nitrogens with zero attached hydrogens (tertiary/aromatic N) is 5. The van der Waals surface area contributed by atoms with E-state index >= 15 is 0 Å². The van der Waals surface area contributed by atoms with Gasteiger partial charge in [0.2, 0.25) is 0 Å². The first-order chi connectivity index (χ1) is 10.4. The Morgan fingerprint density at radius 3 is 2.82 bits per heavy atom. The number of fused-ring (bicyclic) bond motifs is 1. The van der Waals surface area contributed by atoms with Crippen molar-refractivity contribution in [2.75, 3.05) is 6.54 Å². The molecular weight excluding hydrogens is 306 g/mol. The highest BCUT2D eigenvalue weighted by Crippen LogP contribution is 2.23. The molecule has 3 heterocycles. The van der Waals surface area contributed by atoms with Gasteiger partial charge in [-0.25, -0.2) is 13.4 Å². The molecule has 3 rings (SSSR count). The quantitative estimate of drug-likeness (QED) is 0.870. The topological polar surface area (TPSA) is 93.3 Å². The summed E-state index contributed by atoms with van der Waals surface area (Å²) in [6.45, 7) is 2.93. The van der Waals surface area contributed by atoms with Gasteiger partial charge in [0.25, 0.3) is 10.0 Å². The van der Waals surface area contributed by atoms with Crippen LogP contribution in [0.4, 0.5) is 0 Å². The van der Waals surface area contributed by atoms with Crippen LogP contribution >= 0.6 is 0 Å². The van der Waals surface area contributed by atoms with E-state index in [2.05, 4.69) is 10.1 Å². The summed E-state index contributed by atoms with van der Waals surface area (Å²) in [4.78, 5) is 3.94. The van der Waals surface area contributed by atoms with Crippen LogP contribution in [0.1, 0.15) is 30.8 Å². The fourth-order valence-corrected chi connectivity index (χ4v) is 3.86. The number of aryl methyl sites for hydroxylation is 1. The van der Waals surface area contributed by atoms with E-state index in [1.807, 2.05) is 6.92 Å². The van der Waals surface area contributed by atoms with Crippen LogP contribution in [0.3, 0.4) is 0 Å². The van der Waals surface area contributed by atoms with E-state index in [4.69, 9.17) is 0 Å². The van der Waals surface area contributed by atoms with Gasteiger partial charge >= 0.3 is 0 Å². The minimum absolute atomic E-state index is 0.0526. The number of imidazole rings is 1. The van der Waals surface area contributed by atoms with Crippen LogP contribution in [0, 0.1) is 0 Å². The number of hydrogen-bond acceptors (Lipinski definition) is 5. The second-order valence-electron chi connectivity index (χ2n) is 5.42. The normalized spacial score (nSPS) is 17.4. The minimum Gasteiger partial charge on any atom is -0.387 e. The molecule has 0 saturated carbocycles. The predicted molar refractivity (Wildman–Crippen MR) is 78.3 cm³/mol.